The number of carbonyl (C=O) groups excluding carboxylic acids is 1. The Bertz CT molecular complexity index is 381. The van der Waals surface area contributed by atoms with E-state index in [0.717, 1.165) is 10.0 Å². The summed E-state index contributed by atoms with van der Waals surface area (Å²) in [4.78, 5) is 10.7. The number of aliphatic hydroxyl groups is 2. The third-order valence-corrected chi connectivity index (χ3v) is 2.63. The lowest BCUT2D eigenvalue weighted by Crippen LogP contribution is -2.34. The summed E-state index contributed by atoms with van der Waals surface area (Å²) >= 11 is 3.28. The lowest BCUT2D eigenvalue weighted by atomic mass is 9.99. The van der Waals surface area contributed by atoms with Crippen LogP contribution in [0, 0.1) is 6.92 Å². The highest BCUT2D eigenvalue weighted by atomic mass is 79.9. The molecule has 0 aliphatic heterocycles. The van der Waals surface area contributed by atoms with Crippen LogP contribution >= 0.6 is 15.9 Å². The minimum Gasteiger partial charge on any atom is -0.385 e. The summed E-state index contributed by atoms with van der Waals surface area (Å²) in [5.74, 6) is -0.940. The summed E-state index contributed by atoms with van der Waals surface area (Å²) in [7, 11) is 0. The average molecular weight is 274 g/mol. The van der Waals surface area contributed by atoms with Gasteiger partial charge in [-0.1, -0.05) is 22.0 Å². The molecule has 1 amide bonds. The van der Waals surface area contributed by atoms with Crippen molar-refractivity contribution < 1.29 is 15.0 Å². The molecular weight excluding hydrogens is 262 g/mol. The van der Waals surface area contributed by atoms with Crippen LogP contribution in [-0.2, 0) is 4.79 Å². The standard InChI is InChI=1S/C10H12BrNO3/c1-5-4-6(11)2-3-7(5)8(13)9(14)10(12)15/h2-4,8-9,13-14H,1H3,(H2,12,15). The third-order valence-electron chi connectivity index (χ3n) is 2.14. The number of nitrogens with two attached hydrogens (primary N) is 1. The third kappa shape index (κ3) is 2.77. The van der Waals surface area contributed by atoms with Gasteiger partial charge in [0.2, 0.25) is 5.91 Å². The van der Waals surface area contributed by atoms with E-state index in [-0.39, 0.29) is 0 Å². The second kappa shape index (κ2) is 4.74. The first kappa shape index (κ1) is 12.2. The molecule has 1 aromatic rings. The number of benzene rings is 1. The zero-order chi connectivity index (χ0) is 11.6. The van der Waals surface area contributed by atoms with E-state index in [1.54, 1.807) is 25.1 Å². The van der Waals surface area contributed by atoms with Crippen LogP contribution in [0.2, 0.25) is 0 Å². The minimum atomic E-state index is -1.58. The van der Waals surface area contributed by atoms with Crippen LogP contribution in [0.15, 0.2) is 22.7 Å². The fourth-order valence-electron chi connectivity index (χ4n) is 1.30. The number of aryl methyl sites for hydroxylation is 1. The van der Waals surface area contributed by atoms with Crippen molar-refractivity contribution >= 4 is 21.8 Å². The van der Waals surface area contributed by atoms with Gasteiger partial charge < -0.3 is 15.9 Å². The van der Waals surface area contributed by atoms with E-state index in [2.05, 4.69) is 15.9 Å². The highest BCUT2D eigenvalue weighted by Gasteiger charge is 2.24. The first-order valence-electron chi connectivity index (χ1n) is 4.35. The van der Waals surface area contributed by atoms with Crippen LogP contribution in [0.3, 0.4) is 0 Å². The Balaban J connectivity index is 3.01. The number of amides is 1. The predicted octanol–water partition coefficient (Wildman–Crippen LogP) is 0.637. The van der Waals surface area contributed by atoms with Crippen molar-refractivity contribution in [2.24, 2.45) is 5.73 Å². The maximum atomic E-state index is 10.7. The van der Waals surface area contributed by atoms with E-state index in [9.17, 15) is 15.0 Å². The van der Waals surface area contributed by atoms with Gasteiger partial charge in [0.05, 0.1) is 0 Å². The summed E-state index contributed by atoms with van der Waals surface area (Å²) in [5.41, 5.74) is 6.16. The highest BCUT2D eigenvalue weighted by molar-refractivity contribution is 9.10. The molecule has 2 atom stereocenters. The number of halogens is 1. The molecule has 0 spiro atoms. The zero-order valence-electron chi connectivity index (χ0n) is 8.14. The second-order valence-corrected chi connectivity index (χ2v) is 4.21. The molecule has 1 rings (SSSR count). The number of hydrogen-bond donors (Lipinski definition) is 3. The SMILES string of the molecule is Cc1cc(Br)ccc1C(O)C(O)C(N)=O. The van der Waals surface area contributed by atoms with Crippen LogP contribution < -0.4 is 5.73 Å². The lowest BCUT2D eigenvalue weighted by Gasteiger charge is -2.17. The first-order chi connectivity index (χ1) is 6.93. The molecule has 0 aliphatic carbocycles. The van der Waals surface area contributed by atoms with Gasteiger partial charge in [0.25, 0.3) is 0 Å². The topological polar surface area (TPSA) is 83.6 Å². The Morgan fingerprint density at radius 3 is 2.53 bits per heavy atom. The molecule has 0 aliphatic rings. The van der Waals surface area contributed by atoms with E-state index in [0.29, 0.717) is 5.56 Å². The molecule has 0 aromatic heterocycles. The van der Waals surface area contributed by atoms with Gasteiger partial charge in [-0.05, 0) is 30.2 Å². The van der Waals surface area contributed by atoms with Crippen molar-refractivity contribution in [3.05, 3.63) is 33.8 Å². The average Bonchev–Trinajstić information content (AvgIpc) is 2.15. The molecule has 4 nitrogen and oxygen atoms in total. The van der Waals surface area contributed by atoms with Gasteiger partial charge in [-0.25, -0.2) is 0 Å². The molecule has 5 heteroatoms. The quantitative estimate of drug-likeness (QED) is 0.756. The normalized spacial score (nSPS) is 14.7. The monoisotopic (exact) mass is 273 g/mol. The fourth-order valence-corrected chi connectivity index (χ4v) is 1.77. The predicted molar refractivity (Wildman–Crippen MR) is 59.0 cm³/mol. The van der Waals surface area contributed by atoms with Gasteiger partial charge in [-0.2, -0.15) is 0 Å². The van der Waals surface area contributed by atoms with Gasteiger partial charge in [-0.15, -0.1) is 0 Å². The van der Waals surface area contributed by atoms with Crippen molar-refractivity contribution in [3.8, 4) is 0 Å². The van der Waals surface area contributed by atoms with E-state index < -0.39 is 18.1 Å². The Morgan fingerprint density at radius 1 is 1.47 bits per heavy atom. The summed E-state index contributed by atoms with van der Waals surface area (Å²) < 4.78 is 0.865. The fraction of sp³-hybridized carbons (Fsp3) is 0.300. The molecule has 2 unspecified atom stereocenters. The van der Waals surface area contributed by atoms with Gasteiger partial charge >= 0.3 is 0 Å². The van der Waals surface area contributed by atoms with E-state index in [4.69, 9.17) is 5.73 Å². The number of hydrogen-bond acceptors (Lipinski definition) is 3. The summed E-state index contributed by atoms with van der Waals surface area (Å²) in [5, 5.41) is 19.0. The Labute approximate surface area is 95.8 Å². The second-order valence-electron chi connectivity index (χ2n) is 3.29. The molecule has 15 heavy (non-hydrogen) atoms. The smallest absolute Gasteiger partial charge is 0.249 e. The minimum absolute atomic E-state index is 0.490. The summed E-state index contributed by atoms with van der Waals surface area (Å²) in [6.07, 6.45) is -2.86. The highest BCUT2D eigenvalue weighted by Crippen LogP contribution is 2.23. The maximum absolute atomic E-state index is 10.7. The van der Waals surface area contributed by atoms with Gasteiger partial charge in [0.1, 0.15) is 6.10 Å². The van der Waals surface area contributed by atoms with Crippen LogP contribution in [-0.4, -0.2) is 22.2 Å². The maximum Gasteiger partial charge on any atom is 0.249 e. The van der Waals surface area contributed by atoms with Crippen LogP contribution in [0.25, 0.3) is 0 Å². The van der Waals surface area contributed by atoms with Crippen LogP contribution in [0.1, 0.15) is 17.2 Å². The molecule has 0 saturated carbocycles. The largest absolute Gasteiger partial charge is 0.385 e. The molecule has 0 saturated heterocycles. The molecular formula is C10H12BrNO3. The number of primary amides is 1. The zero-order valence-corrected chi connectivity index (χ0v) is 9.73. The van der Waals surface area contributed by atoms with Crippen molar-refractivity contribution in [2.45, 2.75) is 19.1 Å². The Hall–Kier alpha value is -0.910. The Kier molecular flexibility index (Phi) is 3.84. The number of carbonyl (C=O) groups is 1. The van der Waals surface area contributed by atoms with Crippen molar-refractivity contribution in [2.75, 3.05) is 0 Å². The molecule has 82 valence electrons. The molecule has 0 radical (unpaired) electrons. The van der Waals surface area contributed by atoms with Gasteiger partial charge in [0.15, 0.2) is 6.10 Å². The number of rotatable bonds is 3. The van der Waals surface area contributed by atoms with Crippen molar-refractivity contribution in [1.82, 2.24) is 0 Å². The molecule has 0 fully saturated rings. The van der Waals surface area contributed by atoms with E-state index in [1.165, 1.54) is 0 Å². The van der Waals surface area contributed by atoms with Crippen LogP contribution in [0.4, 0.5) is 0 Å². The van der Waals surface area contributed by atoms with Crippen LogP contribution in [0.5, 0.6) is 0 Å². The lowest BCUT2D eigenvalue weighted by molar-refractivity contribution is -0.131. The van der Waals surface area contributed by atoms with Gasteiger partial charge in [0, 0.05) is 4.47 Å². The first-order valence-corrected chi connectivity index (χ1v) is 5.14. The van der Waals surface area contributed by atoms with E-state index >= 15 is 0 Å². The molecule has 0 bridgehead atoms. The van der Waals surface area contributed by atoms with Crippen molar-refractivity contribution in [1.29, 1.82) is 0 Å². The van der Waals surface area contributed by atoms with E-state index in [1.807, 2.05) is 0 Å². The molecule has 0 heterocycles. The Morgan fingerprint density at radius 2 is 2.07 bits per heavy atom. The molecule has 4 N–H and O–H groups in total. The van der Waals surface area contributed by atoms with Gasteiger partial charge in [-0.3, -0.25) is 4.79 Å². The molecule has 1 aromatic carbocycles. The summed E-state index contributed by atoms with van der Waals surface area (Å²) in [6.45, 7) is 1.77. The summed E-state index contributed by atoms with van der Waals surface area (Å²) in [6, 6.07) is 5.14. The van der Waals surface area contributed by atoms with Crippen molar-refractivity contribution in [3.63, 3.8) is 0 Å². The number of aliphatic hydroxyl groups excluding tert-OH is 2.